The van der Waals surface area contributed by atoms with Crippen LogP contribution >= 0.6 is 24.0 Å². The lowest BCUT2D eigenvalue weighted by Crippen LogP contribution is -2.36. The molecule has 2 aromatic heterocycles. The zero-order valence-electron chi connectivity index (χ0n) is 15.0. The third-order valence-electron chi connectivity index (χ3n) is 3.37. The summed E-state index contributed by atoms with van der Waals surface area (Å²) in [5, 5.41) is 10.6. The second-order valence-corrected chi connectivity index (χ2v) is 6.36. The van der Waals surface area contributed by atoms with E-state index < -0.39 is 0 Å². The number of hydrogen-bond donors (Lipinski definition) is 2. The standard InChI is InChI=1S/C16H26N6O.HI/c1-6-17-15(19-9-12-7-8-21-22(12)5)20-11-14-18-10-13(23-14)16(2,3)4;/h7-8,10H,6,9,11H2,1-5H3,(H2,17,19,20);1H. The predicted molar refractivity (Wildman–Crippen MR) is 105 cm³/mol. The van der Waals surface area contributed by atoms with E-state index in [1.54, 1.807) is 12.4 Å². The fourth-order valence-electron chi connectivity index (χ4n) is 1.96. The Hall–Kier alpha value is -1.58. The summed E-state index contributed by atoms with van der Waals surface area (Å²) in [5.41, 5.74) is 1.01. The molecule has 0 saturated heterocycles. The van der Waals surface area contributed by atoms with Crippen LogP contribution in [0, 0.1) is 0 Å². The highest BCUT2D eigenvalue weighted by molar-refractivity contribution is 14.0. The number of nitrogens with one attached hydrogen (secondary N) is 2. The van der Waals surface area contributed by atoms with Crippen molar-refractivity contribution in [3.63, 3.8) is 0 Å². The van der Waals surface area contributed by atoms with Gasteiger partial charge in [-0.2, -0.15) is 5.10 Å². The van der Waals surface area contributed by atoms with Gasteiger partial charge < -0.3 is 15.1 Å². The maximum atomic E-state index is 5.78. The van der Waals surface area contributed by atoms with E-state index >= 15 is 0 Å². The molecule has 0 fully saturated rings. The van der Waals surface area contributed by atoms with Crippen molar-refractivity contribution in [2.45, 2.75) is 46.2 Å². The first-order valence-corrected chi connectivity index (χ1v) is 7.84. The van der Waals surface area contributed by atoms with Gasteiger partial charge in [0, 0.05) is 25.2 Å². The summed E-state index contributed by atoms with van der Waals surface area (Å²) in [6.07, 6.45) is 3.56. The number of aliphatic imine (C=N–C) groups is 1. The van der Waals surface area contributed by atoms with E-state index in [1.807, 2.05) is 24.7 Å². The molecule has 0 spiro atoms. The number of hydrogen-bond acceptors (Lipinski definition) is 4. The number of rotatable bonds is 5. The Morgan fingerprint density at radius 3 is 2.62 bits per heavy atom. The average molecular weight is 446 g/mol. The third-order valence-corrected chi connectivity index (χ3v) is 3.37. The Labute approximate surface area is 160 Å². The summed E-state index contributed by atoms with van der Waals surface area (Å²) in [4.78, 5) is 8.86. The summed E-state index contributed by atoms with van der Waals surface area (Å²) in [6.45, 7) is 10.2. The SMILES string of the molecule is CCNC(=NCc1ccnn1C)NCc1ncc(C(C)(C)C)o1.I. The Kier molecular flexibility index (Phi) is 7.71. The highest BCUT2D eigenvalue weighted by Crippen LogP contribution is 2.22. The molecule has 0 saturated carbocycles. The Balaban J connectivity index is 0.00000288. The predicted octanol–water partition coefficient (Wildman–Crippen LogP) is 2.58. The molecule has 0 amide bonds. The maximum Gasteiger partial charge on any atom is 0.213 e. The van der Waals surface area contributed by atoms with Gasteiger partial charge >= 0.3 is 0 Å². The molecule has 24 heavy (non-hydrogen) atoms. The Morgan fingerprint density at radius 2 is 2.08 bits per heavy atom. The smallest absolute Gasteiger partial charge is 0.213 e. The molecule has 2 heterocycles. The molecule has 2 N–H and O–H groups in total. The summed E-state index contributed by atoms with van der Waals surface area (Å²) in [6, 6.07) is 1.96. The van der Waals surface area contributed by atoms with E-state index in [1.165, 1.54) is 0 Å². The monoisotopic (exact) mass is 446 g/mol. The molecule has 0 unspecified atom stereocenters. The first-order valence-electron chi connectivity index (χ1n) is 7.84. The van der Waals surface area contributed by atoms with Crippen molar-refractivity contribution in [2.75, 3.05) is 6.54 Å². The second kappa shape index (κ2) is 9.05. The molecule has 134 valence electrons. The summed E-state index contributed by atoms with van der Waals surface area (Å²) >= 11 is 0. The van der Waals surface area contributed by atoms with E-state index in [0.29, 0.717) is 19.0 Å². The minimum Gasteiger partial charge on any atom is -0.443 e. The minimum absolute atomic E-state index is 0. The fraction of sp³-hybridized carbons (Fsp3) is 0.562. The average Bonchev–Trinajstić information content (AvgIpc) is 3.10. The molecule has 0 atom stereocenters. The molecule has 2 rings (SSSR count). The van der Waals surface area contributed by atoms with E-state index in [0.717, 1.165) is 24.0 Å². The molecule has 8 heteroatoms. The second-order valence-electron chi connectivity index (χ2n) is 6.36. The van der Waals surface area contributed by atoms with Gasteiger partial charge in [0.2, 0.25) is 5.89 Å². The Morgan fingerprint density at radius 1 is 1.33 bits per heavy atom. The van der Waals surface area contributed by atoms with Gasteiger partial charge in [0.25, 0.3) is 0 Å². The topological polar surface area (TPSA) is 80.3 Å². The van der Waals surface area contributed by atoms with E-state index in [4.69, 9.17) is 4.42 Å². The van der Waals surface area contributed by atoms with Gasteiger partial charge in [0.1, 0.15) is 5.76 Å². The number of guanidine groups is 1. The zero-order valence-corrected chi connectivity index (χ0v) is 17.3. The highest BCUT2D eigenvalue weighted by Gasteiger charge is 2.19. The van der Waals surface area contributed by atoms with Crippen LogP contribution in [-0.2, 0) is 25.6 Å². The van der Waals surface area contributed by atoms with Gasteiger partial charge in [-0.3, -0.25) is 4.68 Å². The van der Waals surface area contributed by atoms with Crippen molar-refractivity contribution < 1.29 is 4.42 Å². The Bertz CT molecular complexity index is 656. The molecule has 0 aromatic carbocycles. The molecule has 7 nitrogen and oxygen atoms in total. The van der Waals surface area contributed by atoms with Gasteiger partial charge in [-0.1, -0.05) is 20.8 Å². The van der Waals surface area contributed by atoms with Crippen molar-refractivity contribution in [3.8, 4) is 0 Å². The molecule has 0 aliphatic rings. The normalized spacial score (nSPS) is 12.0. The lowest BCUT2D eigenvalue weighted by Gasteiger charge is -2.13. The van der Waals surface area contributed by atoms with Crippen molar-refractivity contribution in [1.29, 1.82) is 0 Å². The van der Waals surface area contributed by atoms with Crippen LogP contribution < -0.4 is 10.6 Å². The number of aryl methyl sites for hydroxylation is 1. The number of oxazole rings is 1. The quantitative estimate of drug-likeness (QED) is 0.419. The molecule has 0 aliphatic heterocycles. The zero-order chi connectivity index (χ0) is 16.9. The number of aromatic nitrogens is 3. The lowest BCUT2D eigenvalue weighted by molar-refractivity contribution is 0.379. The van der Waals surface area contributed by atoms with Gasteiger partial charge in [0.05, 0.1) is 25.0 Å². The van der Waals surface area contributed by atoms with Crippen LogP contribution in [0.1, 0.15) is 45.0 Å². The van der Waals surface area contributed by atoms with Crippen molar-refractivity contribution >= 4 is 29.9 Å². The fourth-order valence-corrected chi connectivity index (χ4v) is 1.96. The van der Waals surface area contributed by atoms with Crippen molar-refractivity contribution in [1.82, 2.24) is 25.4 Å². The largest absolute Gasteiger partial charge is 0.443 e. The summed E-state index contributed by atoms with van der Waals surface area (Å²) in [7, 11) is 1.91. The van der Waals surface area contributed by atoms with Gasteiger partial charge in [-0.25, -0.2) is 9.98 Å². The summed E-state index contributed by atoms with van der Waals surface area (Å²) < 4.78 is 7.59. The van der Waals surface area contributed by atoms with Crippen LogP contribution in [0.3, 0.4) is 0 Å². The van der Waals surface area contributed by atoms with E-state index in [9.17, 15) is 0 Å². The number of halogens is 1. The molecule has 0 aliphatic carbocycles. The van der Waals surface area contributed by atoms with E-state index in [-0.39, 0.29) is 29.4 Å². The molecular weight excluding hydrogens is 419 g/mol. The van der Waals surface area contributed by atoms with Crippen LogP contribution in [-0.4, -0.2) is 27.3 Å². The van der Waals surface area contributed by atoms with Gasteiger partial charge in [0.15, 0.2) is 5.96 Å². The van der Waals surface area contributed by atoms with Crippen LogP contribution in [0.4, 0.5) is 0 Å². The van der Waals surface area contributed by atoms with Crippen LogP contribution in [0.25, 0.3) is 0 Å². The van der Waals surface area contributed by atoms with Crippen molar-refractivity contribution in [3.05, 3.63) is 35.8 Å². The molecule has 2 aromatic rings. The first-order chi connectivity index (χ1) is 10.9. The van der Waals surface area contributed by atoms with Crippen molar-refractivity contribution in [2.24, 2.45) is 12.0 Å². The first kappa shape index (κ1) is 20.5. The number of nitrogens with zero attached hydrogens (tertiary/aromatic N) is 4. The van der Waals surface area contributed by atoms with Gasteiger partial charge in [-0.05, 0) is 13.0 Å². The van der Waals surface area contributed by atoms with Crippen LogP contribution in [0.2, 0.25) is 0 Å². The lowest BCUT2D eigenvalue weighted by atomic mass is 9.94. The summed E-state index contributed by atoms with van der Waals surface area (Å²) in [5.74, 6) is 2.26. The van der Waals surface area contributed by atoms with Crippen LogP contribution in [0.15, 0.2) is 27.9 Å². The molecule has 0 radical (unpaired) electrons. The third kappa shape index (κ3) is 5.81. The highest BCUT2D eigenvalue weighted by atomic mass is 127. The van der Waals surface area contributed by atoms with Crippen LogP contribution in [0.5, 0.6) is 0 Å². The minimum atomic E-state index is -0.0383. The molecular formula is C16H27IN6O. The maximum absolute atomic E-state index is 5.78. The van der Waals surface area contributed by atoms with Gasteiger partial charge in [-0.15, -0.1) is 24.0 Å². The molecule has 0 bridgehead atoms. The van der Waals surface area contributed by atoms with E-state index in [2.05, 4.69) is 46.5 Å².